The van der Waals surface area contributed by atoms with Gasteiger partial charge in [-0.2, -0.15) is 0 Å². The van der Waals surface area contributed by atoms with Crippen molar-refractivity contribution in [3.8, 4) is 0 Å². The largest absolute Gasteiger partial charge is 0.469 e. The average molecular weight is 452 g/mol. The van der Waals surface area contributed by atoms with Gasteiger partial charge in [-0.1, -0.05) is 0 Å². The first kappa shape index (κ1) is 22.7. The molecule has 0 aliphatic heterocycles. The molecule has 0 unspecified atom stereocenters. The van der Waals surface area contributed by atoms with Crippen molar-refractivity contribution in [3.05, 3.63) is 24.2 Å². The molecule has 0 aliphatic rings. The summed E-state index contributed by atoms with van der Waals surface area (Å²) in [6, 6.07) is 3.80. The van der Waals surface area contributed by atoms with Crippen molar-refractivity contribution >= 4 is 35.8 Å². The Morgan fingerprint density at radius 1 is 1.33 bits per heavy atom. The number of hydrogen-bond donors (Lipinski definition) is 2. The lowest BCUT2D eigenvalue weighted by Crippen LogP contribution is -2.40. The summed E-state index contributed by atoms with van der Waals surface area (Å²) >= 11 is 0. The van der Waals surface area contributed by atoms with E-state index in [0.29, 0.717) is 19.1 Å². The van der Waals surface area contributed by atoms with E-state index in [1.165, 1.54) is 4.90 Å². The second-order valence-corrected chi connectivity index (χ2v) is 5.19. The number of furan rings is 1. The van der Waals surface area contributed by atoms with Crippen molar-refractivity contribution in [3.63, 3.8) is 0 Å². The number of nitrogens with one attached hydrogen (secondary N) is 2. The van der Waals surface area contributed by atoms with Gasteiger partial charge in [-0.25, -0.2) is 4.99 Å². The smallest absolute Gasteiger partial charge is 0.243 e. The summed E-state index contributed by atoms with van der Waals surface area (Å²) in [6.07, 6.45) is 3.30. The van der Waals surface area contributed by atoms with Crippen LogP contribution in [0.2, 0.25) is 0 Å². The highest BCUT2D eigenvalue weighted by atomic mass is 127. The first-order valence-corrected chi connectivity index (χ1v) is 7.96. The predicted octanol–water partition coefficient (Wildman–Crippen LogP) is 1.49. The highest BCUT2D eigenvalue weighted by Gasteiger charge is 2.05. The molecule has 1 aromatic rings. The van der Waals surface area contributed by atoms with Gasteiger partial charge in [0, 0.05) is 46.8 Å². The van der Waals surface area contributed by atoms with Gasteiger partial charge in [0.25, 0.3) is 0 Å². The van der Waals surface area contributed by atoms with Gasteiger partial charge in [-0.3, -0.25) is 4.79 Å². The molecular weight excluding hydrogens is 423 g/mol. The maximum absolute atomic E-state index is 11.7. The average Bonchev–Trinajstić information content (AvgIpc) is 3.04. The molecule has 138 valence electrons. The summed E-state index contributed by atoms with van der Waals surface area (Å²) < 4.78 is 10.6. The Labute approximate surface area is 161 Å². The van der Waals surface area contributed by atoms with Crippen LogP contribution in [0, 0.1) is 0 Å². The van der Waals surface area contributed by atoms with Gasteiger partial charge in [0.15, 0.2) is 5.96 Å². The van der Waals surface area contributed by atoms with Gasteiger partial charge in [-0.05, 0) is 25.5 Å². The Hall–Kier alpha value is -1.29. The summed E-state index contributed by atoms with van der Waals surface area (Å²) in [6.45, 7) is 4.95. The van der Waals surface area contributed by atoms with E-state index in [4.69, 9.17) is 9.15 Å². The third-order valence-corrected chi connectivity index (χ3v) is 3.08. The fraction of sp³-hybridized carbons (Fsp3) is 0.625. The van der Waals surface area contributed by atoms with Gasteiger partial charge < -0.3 is 24.7 Å². The minimum absolute atomic E-state index is 0. The topological polar surface area (TPSA) is 79.1 Å². The summed E-state index contributed by atoms with van der Waals surface area (Å²) in [5, 5.41) is 6.42. The van der Waals surface area contributed by atoms with Crippen LogP contribution in [-0.2, 0) is 16.0 Å². The van der Waals surface area contributed by atoms with Crippen LogP contribution in [0.3, 0.4) is 0 Å². The molecule has 0 saturated carbocycles. The van der Waals surface area contributed by atoms with Crippen LogP contribution in [0.25, 0.3) is 0 Å². The van der Waals surface area contributed by atoms with Crippen LogP contribution in [0.5, 0.6) is 0 Å². The number of likely N-dealkylation sites (N-methyl/N-ethyl adjacent to an activating group) is 1. The Kier molecular flexibility index (Phi) is 13.3. The maximum atomic E-state index is 11.7. The highest BCUT2D eigenvalue weighted by Crippen LogP contribution is 1.99. The molecule has 1 heterocycles. The van der Waals surface area contributed by atoms with E-state index < -0.39 is 0 Å². The number of amides is 1. The summed E-state index contributed by atoms with van der Waals surface area (Å²) in [5.74, 6) is 1.51. The van der Waals surface area contributed by atoms with E-state index in [1.807, 2.05) is 19.1 Å². The monoisotopic (exact) mass is 452 g/mol. The Bertz CT molecular complexity index is 464. The number of ether oxygens (including phenoxy) is 1. The van der Waals surface area contributed by atoms with Gasteiger partial charge in [0.05, 0.1) is 6.26 Å². The Morgan fingerprint density at radius 2 is 2.08 bits per heavy atom. The van der Waals surface area contributed by atoms with Crippen molar-refractivity contribution in [2.45, 2.75) is 19.8 Å². The summed E-state index contributed by atoms with van der Waals surface area (Å²) in [4.78, 5) is 17.5. The molecule has 0 fully saturated rings. The molecule has 0 aromatic carbocycles. The van der Waals surface area contributed by atoms with Crippen LogP contribution in [0.1, 0.15) is 19.1 Å². The molecule has 1 aromatic heterocycles. The van der Waals surface area contributed by atoms with Crippen molar-refractivity contribution in [2.24, 2.45) is 4.99 Å². The number of carbonyl (C=O) groups is 1. The highest BCUT2D eigenvalue weighted by molar-refractivity contribution is 14.0. The summed E-state index contributed by atoms with van der Waals surface area (Å²) in [7, 11) is 3.44. The zero-order chi connectivity index (χ0) is 16.9. The number of halogens is 1. The van der Waals surface area contributed by atoms with Crippen LogP contribution < -0.4 is 10.6 Å². The van der Waals surface area contributed by atoms with Gasteiger partial charge in [0.1, 0.15) is 12.3 Å². The van der Waals surface area contributed by atoms with Gasteiger partial charge in [-0.15, -0.1) is 24.0 Å². The third-order valence-electron chi connectivity index (χ3n) is 3.08. The van der Waals surface area contributed by atoms with Crippen LogP contribution in [0.15, 0.2) is 27.8 Å². The first-order valence-electron chi connectivity index (χ1n) is 7.96. The zero-order valence-electron chi connectivity index (χ0n) is 14.7. The molecule has 0 radical (unpaired) electrons. The van der Waals surface area contributed by atoms with Crippen molar-refractivity contribution in [2.75, 3.05) is 46.9 Å². The molecule has 0 aliphatic carbocycles. The van der Waals surface area contributed by atoms with E-state index in [9.17, 15) is 4.79 Å². The second kappa shape index (κ2) is 14.1. The number of rotatable bonds is 10. The third kappa shape index (κ3) is 10.5. The number of guanidine groups is 1. The van der Waals surface area contributed by atoms with E-state index in [-0.39, 0.29) is 36.4 Å². The molecule has 2 N–H and O–H groups in total. The Morgan fingerprint density at radius 3 is 2.71 bits per heavy atom. The predicted molar refractivity (Wildman–Crippen MR) is 106 cm³/mol. The normalized spacial score (nSPS) is 10.9. The second-order valence-electron chi connectivity index (χ2n) is 5.19. The SMILES string of the molecule is CCOCCCNC(=NCC(=O)N(C)C)NCCc1ccco1.I. The minimum atomic E-state index is -0.0357. The van der Waals surface area contributed by atoms with Gasteiger partial charge in [0.2, 0.25) is 5.91 Å². The first-order chi connectivity index (χ1) is 11.1. The van der Waals surface area contributed by atoms with Crippen LogP contribution in [-0.4, -0.2) is 63.7 Å². The standard InChI is InChI=1S/C16H28N4O3.HI/c1-4-22-11-6-9-17-16(19-13-15(21)20(2)3)18-10-8-14-7-5-12-23-14;/h5,7,12H,4,6,8-11,13H2,1-3H3,(H2,17,18,19);1H. The Balaban J connectivity index is 0.00000529. The van der Waals surface area contributed by atoms with Crippen LogP contribution >= 0.6 is 24.0 Å². The summed E-state index contributed by atoms with van der Waals surface area (Å²) in [5.41, 5.74) is 0. The number of nitrogens with zero attached hydrogens (tertiary/aromatic N) is 2. The lowest BCUT2D eigenvalue weighted by atomic mass is 10.3. The fourth-order valence-electron chi connectivity index (χ4n) is 1.75. The molecule has 24 heavy (non-hydrogen) atoms. The molecule has 0 bridgehead atoms. The lowest BCUT2D eigenvalue weighted by molar-refractivity contribution is -0.127. The number of aliphatic imine (C=N–C) groups is 1. The molecular formula is C16H29IN4O3. The molecule has 0 spiro atoms. The van der Waals surface area contributed by atoms with E-state index in [1.54, 1.807) is 20.4 Å². The van der Waals surface area contributed by atoms with E-state index in [2.05, 4.69) is 15.6 Å². The minimum Gasteiger partial charge on any atom is -0.469 e. The molecule has 1 rings (SSSR count). The quantitative estimate of drug-likeness (QED) is 0.244. The van der Waals surface area contributed by atoms with Crippen molar-refractivity contribution in [1.29, 1.82) is 0 Å². The fourth-order valence-corrected chi connectivity index (χ4v) is 1.75. The van der Waals surface area contributed by atoms with Gasteiger partial charge >= 0.3 is 0 Å². The molecule has 7 nitrogen and oxygen atoms in total. The van der Waals surface area contributed by atoms with Crippen LogP contribution in [0.4, 0.5) is 0 Å². The molecule has 8 heteroatoms. The number of carbonyl (C=O) groups excluding carboxylic acids is 1. The molecule has 0 saturated heterocycles. The zero-order valence-corrected chi connectivity index (χ0v) is 17.0. The van der Waals surface area contributed by atoms with Crippen molar-refractivity contribution in [1.82, 2.24) is 15.5 Å². The lowest BCUT2D eigenvalue weighted by Gasteiger charge is -2.13. The molecule has 1 amide bonds. The van der Waals surface area contributed by atoms with E-state index in [0.717, 1.165) is 31.8 Å². The number of hydrogen-bond acceptors (Lipinski definition) is 4. The maximum Gasteiger partial charge on any atom is 0.243 e. The molecule has 0 atom stereocenters. The van der Waals surface area contributed by atoms with Crippen molar-refractivity contribution < 1.29 is 13.9 Å². The van der Waals surface area contributed by atoms with E-state index >= 15 is 0 Å².